The molecule has 0 aliphatic carbocycles. The zero-order valence-corrected chi connectivity index (χ0v) is 14.7. The predicted octanol–water partition coefficient (Wildman–Crippen LogP) is 4.09. The summed E-state index contributed by atoms with van der Waals surface area (Å²) in [5.74, 6) is -0.116. The van der Waals surface area contributed by atoms with Crippen LogP contribution in [0.15, 0.2) is 53.5 Å². The molecular formula is C17H16Cl2N4O. The summed E-state index contributed by atoms with van der Waals surface area (Å²) in [4.78, 5) is 16.9. The number of rotatable bonds is 3. The van der Waals surface area contributed by atoms with Gasteiger partial charge in [-0.3, -0.25) is 15.2 Å². The standard InChI is InChI=1S/C17H16Cl2N4O/c1-17(2)21-15(16(24)20-13-7-3-5-11(18)9-13)22-23(17)14-8-4-6-12(19)10-14/h3-10H,1-2H3,(H,20,24)(H,21,22). The molecule has 2 N–H and O–H groups in total. The molecule has 1 amide bonds. The van der Waals surface area contributed by atoms with Gasteiger partial charge in [-0.15, -0.1) is 0 Å². The Morgan fingerprint density at radius 2 is 1.79 bits per heavy atom. The van der Waals surface area contributed by atoms with E-state index < -0.39 is 5.66 Å². The summed E-state index contributed by atoms with van der Waals surface area (Å²) in [7, 11) is 0. The minimum Gasteiger partial charge on any atom is -0.319 e. The van der Waals surface area contributed by atoms with Crippen molar-refractivity contribution in [3.8, 4) is 0 Å². The number of hydrazine groups is 1. The number of halogens is 2. The van der Waals surface area contributed by atoms with Gasteiger partial charge in [-0.1, -0.05) is 35.3 Å². The molecule has 0 saturated carbocycles. The Labute approximate surface area is 150 Å². The maximum atomic E-state index is 12.5. The van der Waals surface area contributed by atoms with Crippen LogP contribution in [0.5, 0.6) is 0 Å². The number of aliphatic imine (C=N–C) groups is 1. The number of hydrogen-bond donors (Lipinski definition) is 2. The molecule has 24 heavy (non-hydrogen) atoms. The van der Waals surface area contributed by atoms with E-state index in [4.69, 9.17) is 23.2 Å². The predicted molar refractivity (Wildman–Crippen MR) is 98.7 cm³/mol. The average Bonchev–Trinajstić information content (AvgIpc) is 2.83. The van der Waals surface area contributed by atoms with E-state index in [1.54, 1.807) is 35.3 Å². The lowest BCUT2D eigenvalue weighted by Crippen LogP contribution is -2.48. The number of carbonyl (C=O) groups excluding carboxylic acids is 1. The first kappa shape index (κ1) is 16.6. The summed E-state index contributed by atoms with van der Waals surface area (Å²) in [6.45, 7) is 3.81. The van der Waals surface area contributed by atoms with Gasteiger partial charge in [0.2, 0.25) is 5.84 Å². The molecule has 1 aliphatic heterocycles. The van der Waals surface area contributed by atoms with Crippen LogP contribution in [0.4, 0.5) is 11.4 Å². The van der Waals surface area contributed by atoms with Crippen LogP contribution in [0.2, 0.25) is 10.0 Å². The second-order valence-electron chi connectivity index (χ2n) is 5.85. The van der Waals surface area contributed by atoms with Crippen LogP contribution in [0, 0.1) is 0 Å². The minimum absolute atomic E-state index is 0.222. The summed E-state index contributed by atoms with van der Waals surface area (Å²) in [6.07, 6.45) is 0. The van der Waals surface area contributed by atoms with Crippen molar-refractivity contribution in [2.75, 3.05) is 10.3 Å². The quantitative estimate of drug-likeness (QED) is 0.864. The van der Waals surface area contributed by atoms with Crippen molar-refractivity contribution in [3.63, 3.8) is 0 Å². The fourth-order valence-electron chi connectivity index (χ4n) is 2.45. The third kappa shape index (κ3) is 3.47. The van der Waals surface area contributed by atoms with Gasteiger partial charge >= 0.3 is 0 Å². The molecule has 2 aromatic rings. The Balaban J connectivity index is 1.79. The number of anilines is 2. The Morgan fingerprint density at radius 3 is 2.46 bits per heavy atom. The number of amidine groups is 1. The van der Waals surface area contributed by atoms with Gasteiger partial charge < -0.3 is 5.32 Å². The minimum atomic E-state index is -0.633. The summed E-state index contributed by atoms with van der Waals surface area (Å²) in [6, 6.07) is 14.3. The van der Waals surface area contributed by atoms with E-state index >= 15 is 0 Å². The van der Waals surface area contributed by atoms with Gasteiger partial charge in [0.15, 0.2) is 0 Å². The fraction of sp³-hybridized carbons (Fsp3) is 0.176. The average molecular weight is 363 g/mol. The number of benzene rings is 2. The maximum absolute atomic E-state index is 12.5. The van der Waals surface area contributed by atoms with Gasteiger partial charge in [0.05, 0.1) is 5.69 Å². The normalized spacial score (nSPS) is 15.7. The zero-order chi connectivity index (χ0) is 17.3. The summed E-state index contributed by atoms with van der Waals surface area (Å²) < 4.78 is 0. The SMILES string of the molecule is CC1(C)N=C(C(=O)Nc2cccc(Cl)c2)NN1c1cccc(Cl)c1. The first-order valence-electron chi connectivity index (χ1n) is 7.34. The highest BCUT2D eigenvalue weighted by Gasteiger charge is 2.36. The molecule has 0 unspecified atom stereocenters. The van der Waals surface area contributed by atoms with Gasteiger partial charge in [-0.25, -0.2) is 4.99 Å². The fourth-order valence-corrected chi connectivity index (χ4v) is 2.82. The molecule has 0 bridgehead atoms. The third-order valence-electron chi connectivity index (χ3n) is 3.51. The zero-order valence-electron chi connectivity index (χ0n) is 13.2. The van der Waals surface area contributed by atoms with E-state index in [1.165, 1.54) is 0 Å². The topological polar surface area (TPSA) is 56.7 Å². The number of hydrogen-bond acceptors (Lipinski definition) is 4. The van der Waals surface area contributed by atoms with Crippen LogP contribution in [0.25, 0.3) is 0 Å². The molecule has 3 rings (SSSR count). The summed E-state index contributed by atoms with van der Waals surface area (Å²) in [5.41, 5.74) is 3.83. The van der Waals surface area contributed by atoms with E-state index in [0.29, 0.717) is 15.7 Å². The molecule has 124 valence electrons. The molecular weight excluding hydrogens is 347 g/mol. The Bertz CT molecular complexity index is 820. The molecule has 0 fully saturated rings. The summed E-state index contributed by atoms with van der Waals surface area (Å²) >= 11 is 12.0. The van der Waals surface area contributed by atoms with E-state index in [1.807, 2.05) is 32.0 Å². The molecule has 2 aromatic carbocycles. The smallest absolute Gasteiger partial charge is 0.292 e. The molecule has 0 saturated heterocycles. The molecule has 0 spiro atoms. The number of nitrogens with one attached hydrogen (secondary N) is 2. The van der Waals surface area contributed by atoms with Crippen LogP contribution in [-0.4, -0.2) is 17.4 Å². The Morgan fingerprint density at radius 1 is 1.12 bits per heavy atom. The molecule has 0 aromatic heterocycles. The highest BCUT2D eigenvalue weighted by molar-refractivity contribution is 6.43. The van der Waals surface area contributed by atoms with Gasteiger partial charge in [-0.2, -0.15) is 0 Å². The van der Waals surface area contributed by atoms with Crippen molar-refractivity contribution in [1.29, 1.82) is 0 Å². The lowest BCUT2D eigenvalue weighted by molar-refractivity contribution is -0.110. The largest absolute Gasteiger partial charge is 0.319 e. The first-order chi connectivity index (χ1) is 11.3. The highest BCUT2D eigenvalue weighted by atomic mass is 35.5. The first-order valence-corrected chi connectivity index (χ1v) is 8.10. The maximum Gasteiger partial charge on any atom is 0.292 e. The second kappa shape index (κ2) is 6.34. The Kier molecular flexibility index (Phi) is 4.39. The van der Waals surface area contributed by atoms with Gasteiger partial charge in [0.25, 0.3) is 5.91 Å². The molecule has 7 heteroatoms. The van der Waals surface area contributed by atoms with Gasteiger partial charge in [0.1, 0.15) is 5.66 Å². The third-order valence-corrected chi connectivity index (χ3v) is 3.98. The van der Waals surface area contributed by atoms with Crippen molar-refractivity contribution < 1.29 is 4.79 Å². The highest BCUT2D eigenvalue weighted by Crippen LogP contribution is 2.28. The van der Waals surface area contributed by atoms with Crippen LogP contribution in [-0.2, 0) is 4.79 Å². The van der Waals surface area contributed by atoms with Crippen LogP contribution in [0.3, 0.4) is 0 Å². The van der Waals surface area contributed by atoms with Crippen LogP contribution < -0.4 is 15.8 Å². The van der Waals surface area contributed by atoms with Crippen LogP contribution >= 0.6 is 23.2 Å². The van der Waals surface area contributed by atoms with Gasteiger partial charge in [0, 0.05) is 15.7 Å². The van der Waals surface area contributed by atoms with E-state index in [9.17, 15) is 4.79 Å². The molecule has 1 aliphatic rings. The van der Waals surface area contributed by atoms with Crippen LogP contribution in [0.1, 0.15) is 13.8 Å². The molecule has 0 atom stereocenters. The monoisotopic (exact) mass is 362 g/mol. The summed E-state index contributed by atoms with van der Waals surface area (Å²) in [5, 5.41) is 5.74. The lowest BCUT2D eigenvalue weighted by Gasteiger charge is -2.30. The van der Waals surface area contributed by atoms with Crippen molar-refractivity contribution >= 4 is 46.3 Å². The Hall–Kier alpha value is -2.24. The van der Waals surface area contributed by atoms with Crippen molar-refractivity contribution in [2.24, 2.45) is 4.99 Å². The second-order valence-corrected chi connectivity index (χ2v) is 6.72. The van der Waals surface area contributed by atoms with Crippen molar-refractivity contribution in [1.82, 2.24) is 5.43 Å². The van der Waals surface area contributed by atoms with Crippen molar-refractivity contribution in [2.45, 2.75) is 19.5 Å². The lowest BCUT2D eigenvalue weighted by atomic mass is 10.2. The molecule has 0 radical (unpaired) electrons. The molecule has 5 nitrogen and oxygen atoms in total. The van der Waals surface area contributed by atoms with E-state index in [-0.39, 0.29) is 11.7 Å². The number of nitrogens with zero attached hydrogens (tertiary/aromatic N) is 2. The van der Waals surface area contributed by atoms with E-state index in [0.717, 1.165) is 5.69 Å². The number of carbonyl (C=O) groups is 1. The van der Waals surface area contributed by atoms with Crippen molar-refractivity contribution in [3.05, 3.63) is 58.6 Å². The molecule has 1 heterocycles. The number of amides is 1. The van der Waals surface area contributed by atoms with Gasteiger partial charge in [-0.05, 0) is 50.2 Å². The van der Waals surface area contributed by atoms with E-state index in [2.05, 4.69) is 15.7 Å².